The first-order valence-electron chi connectivity index (χ1n) is 5.00. The van der Waals surface area contributed by atoms with Gasteiger partial charge in [0, 0.05) is 16.8 Å². The van der Waals surface area contributed by atoms with Gasteiger partial charge in [-0.05, 0) is 24.3 Å². The van der Waals surface area contributed by atoms with E-state index >= 15 is 0 Å². The third-order valence-corrected chi connectivity index (χ3v) is 2.44. The standard InChI is InChI=1S/C13H10F3N/c14-11-5-1-3-9(7-11)13(15,16)10-4-2-6-12(17)8-10/h1-8H,17H2. The average Bonchev–Trinajstić information content (AvgIpc) is 2.29. The maximum absolute atomic E-state index is 14.0. The van der Waals surface area contributed by atoms with Crippen molar-refractivity contribution < 1.29 is 13.2 Å². The summed E-state index contributed by atoms with van der Waals surface area (Å²) in [5.74, 6) is -3.94. The van der Waals surface area contributed by atoms with Crippen LogP contribution in [0.3, 0.4) is 0 Å². The average molecular weight is 237 g/mol. The summed E-state index contributed by atoms with van der Waals surface area (Å²) in [7, 11) is 0. The van der Waals surface area contributed by atoms with Gasteiger partial charge in [0.05, 0.1) is 0 Å². The number of rotatable bonds is 2. The van der Waals surface area contributed by atoms with E-state index in [1.54, 1.807) is 0 Å². The number of hydrogen-bond donors (Lipinski definition) is 1. The van der Waals surface area contributed by atoms with Gasteiger partial charge in [-0.15, -0.1) is 0 Å². The minimum Gasteiger partial charge on any atom is -0.399 e. The summed E-state index contributed by atoms with van der Waals surface area (Å²) in [6.07, 6.45) is 0. The van der Waals surface area contributed by atoms with Crippen molar-refractivity contribution in [2.24, 2.45) is 0 Å². The lowest BCUT2D eigenvalue weighted by molar-refractivity contribution is 0.0425. The van der Waals surface area contributed by atoms with Crippen LogP contribution < -0.4 is 5.73 Å². The molecule has 0 amide bonds. The smallest absolute Gasteiger partial charge is 0.298 e. The molecule has 2 aromatic rings. The van der Waals surface area contributed by atoms with E-state index in [1.165, 1.54) is 36.4 Å². The third-order valence-electron chi connectivity index (χ3n) is 2.44. The highest BCUT2D eigenvalue weighted by atomic mass is 19.3. The Morgan fingerprint density at radius 2 is 1.47 bits per heavy atom. The second-order valence-corrected chi connectivity index (χ2v) is 3.71. The third kappa shape index (κ3) is 2.25. The van der Waals surface area contributed by atoms with E-state index in [9.17, 15) is 13.2 Å². The van der Waals surface area contributed by atoms with E-state index in [2.05, 4.69) is 0 Å². The van der Waals surface area contributed by atoms with Gasteiger partial charge in [-0.1, -0.05) is 24.3 Å². The van der Waals surface area contributed by atoms with Crippen LogP contribution >= 0.6 is 0 Å². The Kier molecular flexibility index (Phi) is 2.79. The van der Waals surface area contributed by atoms with Gasteiger partial charge in [-0.3, -0.25) is 0 Å². The molecule has 0 bridgehead atoms. The summed E-state index contributed by atoms with van der Waals surface area (Å²) >= 11 is 0. The summed E-state index contributed by atoms with van der Waals surface area (Å²) in [5, 5.41) is 0. The van der Waals surface area contributed by atoms with E-state index < -0.39 is 11.7 Å². The maximum Gasteiger partial charge on any atom is 0.298 e. The SMILES string of the molecule is Nc1cccc(C(F)(F)c2cccc(F)c2)c1. The second kappa shape index (κ2) is 4.13. The molecule has 0 aliphatic carbocycles. The molecule has 2 N–H and O–H groups in total. The molecule has 0 aromatic heterocycles. The van der Waals surface area contributed by atoms with Gasteiger partial charge in [0.15, 0.2) is 0 Å². The molecule has 2 rings (SSSR count). The lowest BCUT2D eigenvalue weighted by Crippen LogP contribution is -2.15. The Labute approximate surface area is 96.7 Å². The molecule has 4 heteroatoms. The first kappa shape index (κ1) is 11.5. The fraction of sp³-hybridized carbons (Fsp3) is 0.0769. The summed E-state index contributed by atoms with van der Waals surface area (Å²) in [4.78, 5) is 0. The zero-order valence-corrected chi connectivity index (χ0v) is 8.83. The van der Waals surface area contributed by atoms with Crippen LogP contribution in [-0.4, -0.2) is 0 Å². The van der Waals surface area contributed by atoms with Crippen molar-refractivity contribution in [1.82, 2.24) is 0 Å². The molecule has 0 aliphatic heterocycles. The molecule has 0 spiro atoms. The molecule has 88 valence electrons. The summed E-state index contributed by atoms with van der Waals surface area (Å²) in [5.41, 5.74) is 5.07. The molecule has 1 nitrogen and oxygen atoms in total. The maximum atomic E-state index is 14.0. The predicted molar refractivity (Wildman–Crippen MR) is 60.3 cm³/mol. The summed E-state index contributed by atoms with van der Waals surface area (Å²) in [6.45, 7) is 0. The Bertz CT molecular complexity index is 490. The molecule has 0 fully saturated rings. The molecule has 0 heterocycles. The largest absolute Gasteiger partial charge is 0.399 e. The number of alkyl halides is 2. The Balaban J connectivity index is 2.49. The fourth-order valence-electron chi connectivity index (χ4n) is 1.58. The Morgan fingerprint density at radius 1 is 0.882 bits per heavy atom. The monoisotopic (exact) mass is 237 g/mol. The van der Waals surface area contributed by atoms with Crippen molar-refractivity contribution in [1.29, 1.82) is 0 Å². The van der Waals surface area contributed by atoms with Crippen molar-refractivity contribution in [2.45, 2.75) is 5.92 Å². The number of benzene rings is 2. The first-order chi connectivity index (χ1) is 8.00. The molecule has 0 unspecified atom stereocenters. The molecular formula is C13H10F3N. The molecular weight excluding hydrogens is 227 g/mol. The number of hydrogen-bond acceptors (Lipinski definition) is 1. The van der Waals surface area contributed by atoms with Gasteiger partial charge >= 0.3 is 0 Å². The van der Waals surface area contributed by atoms with Crippen LogP contribution in [0.4, 0.5) is 18.9 Å². The highest BCUT2D eigenvalue weighted by Gasteiger charge is 2.34. The van der Waals surface area contributed by atoms with E-state index in [1.807, 2.05) is 0 Å². The minimum absolute atomic E-state index is 0.247. The van der Waals surface area contributed by atoms with Crippen LogP contribution in [0, 0.1) is 5.82 Å². The Hall–Kier alpha value is -1.97. The van der Waals surface area contributed by atoms with Gasteiger partial charge in [-0.2, -0.15) is 8.78 Å². The van der Waals surface area contributed by atoms with Crippen LogP contribution in [0.15, 0.2) is 48.5 Å². The van der Waals surface area contributed by atoms with E-state index in [-0.39, 0.29) is 16.8 Å². The summed E-state index contributed by atoms with van der Waals surface area (Å²) in [6, 6.07) is 9.80. The van der Waals surface area contributed by atoms with Crippen LogP contribution in [0.5, 0.6) is 0 Å². The first-order valence-corrected chi connectivity index (χ1v) is 5.00. The molecule has 0 saturated heterocycles. The van der Waals surface area contributed by atoms with E-state index in [0.717, 1.165) is 12.1 Å². The van der Waals surface area contributed by atoms with Gasteiger partial charge in [0.25, 0.3) is 5.92 Å². The van der Waals surface area contributed by atoms with Gasteiger partial charge < -0.3 is 5.73 Å². The molecule has 0 atom stereocenters. The highest BCUT2D eigenvalue weighted by molar-refractivity contribution is 5.45. The zero-order valence-electron chi connectivity index (χ0n) is 8.83. The molecule has 0 radical (unpaired) electrons. The van der Waals surface area contributed by atoms with Crippen LogP contribution in [-0.2, 0) is 5.92 Å². The minimum atomic E-state index is -3.25. The molecule has 2 aromatic carbocycles. The zero-order chi connectivity index (χ0) is 12.5. The lowest BCUT2D eigenvalue weighted by Gasteiger charge is -2.17. The summed E-state index contributed by atoms with van der Waals surface area (Å²) < 4.78 is 41.0. The van der Waals surface area contributed by atoms with Crippen molar-refractivity contribution in [2.75, 3.05) is 5.73 Å². The van der Waals surface area contributed by atoms with Gasteiger partial charge in [0.2, 0.25) is 0 Å². The Morgan fingerprint density at radius 3 is 2.06 bits per heavy atom. The van der Waals surface area contributed by atoms with Crippen LogP contribution in [0.25, 0.3) is 0 Å². The van der Waals surface area contributed by atoms with E-state index in [0.29, 0.717) is 0 Å². The lowest BCUT2D eigenvalue weighted by atomic mass is 10.00. The van der Waals surface area contributed by atoms with Gasteiger partial charge in [0.1, 0.15) is 5.82 Å². The fourth-order valence-corrected chi connectivity index (χ4v) is 1.58. The van der Waals surface area contributed by atoms with Crippen molar-refractivity contribution in [3.05, 3.63) is 65.5 Å². The topological polar surface area (TPSA) is 26.0 Å². The number of anilines is 1. The van der Waals surface area contributed by atoms with Crippen molar-refractivity contribution >= 4 is 5.69 Å². The molecule has 0 aliphatic rings. The highest BCUT2D eigenvalue weighted by Crippen LogP contribution is 2.36. The van der Waals surface area contributed by atoms with Crippen LogP contribution in [0.2, 0.25) is 0 Å². The van der Waals surface area contributed by atoms with Crippen molar-refractivity contribution in [3.63, 3.8) is 0 Å². The number of nitrogens with two attached hydrogens (primary N) is 1. The quantitative estimate of drug-likeness (QED) is 0.794. The number of halogens is 3. The molecule has 0 saturated carbocycles. The van der Waals surface area contributed by atoms with Crippen molar-refractivity contribution in [3.8, 4) is 0 Å². The van der Waals surface area contributed by atoms with Gasteiger partial charge in [-0.25, -0.2) is 4.39 Å². The predicted octanol–water partition coefficient (Wildman–Crippen LogP) is 3.55. The van der Waals surface area contributed by atoms with Crippen LogP contribution in [0.1, 0.15) is 11.1 Å². The second-order valence-electron chi connectivity index (χ2n) is 3.71. The number of nitrogen functional groups attached to an aromatic ring is 1. The molecule has 17 heavy (non-hydrogen) atoms. The normalized spacial score (nSPS) is 11.5. The van der Waals surface area contributed by atoms with E-state index in [4.69, 9.17) is 5.73 Å².